The molecule has 0 heterocycles. The monoisotopic (exact) mass is 340 g/mol. The van der Waals surface area contributed by atoms with Gasteiger partial charge in [0.1, 0.15) is 0 Å². The van der Waals surface area contributed by atoms with Crippen molar-refractivity contribution in [1.82, 2.24) is 0 Å². The van der Waals surface area contributed by atoms with E-state index >= 15 is 0 Å². The zero-order chi connectivity index (χ0) is 18.0. The Balaban J connectivity index is 1.74. The van der Waals surface area contributed by atoms with E-state index < -0.39 is 0 Å². The molecule has 4 aliphatic rings. The summed E-state index contributed by atoms with van der Waals surface area (Å²) in [6, 6.07) is 0. The number of ketones is 2. The summed E-state index contributed by atoms with van der Waals surface area (Å²) in [6.07, 6.45) is 10.6. The summed E-state index contributed by atoms with van der Waals surface area (Å²) in [5.41, 5.74) is 2.19. The summed E-state index contributed by atoms with van der Waals surface area (Å²) in [4.78, 5) is 24.6. The van der Waals surface area contributed by atoms with Gasteiger partial charge >= 0.3 is 0 Å². The minimum absolute atomic E-state index is 0.00995. The van der Waals surface area contributed by atoms with Crippen LogP contribution >= 0.6 is 0 Å². The lowest BCUT2D eigenvalue weighted by molar-refractivity contribution is -0.115. The Labute approximate surface area is 150 Å². The van der Waals surface area contributed by atoms with Crippen LogP contribution in [0.15, 0.2) is 35.1 Å². The van der Waals surface area contributed by atoms with Gasteiger partial charge in [0, 0.05) is 22.8 Å². The molecule has 0 aromatic carbocycles. The van der Waals surface area contributed by atoms with Crippen molar-refractivity contribution < 1.29 is 14.3 Å². The molecule has 0 saturated heterocycles. The highest BCUT2D eigenvalue weighted by molar-refractivity contribution is 6.01. The standard InChI is InChI=1S/C22H28O3/c1-13(25-4)20-19(24)12-18-16-6-5-14-11-15(23)7-9-21(14,2)17(16)8-10-22(18,20)3/h7,9,11,16-18H,5-6,8,10,12H2,1-4H3/b20-13-/t16-,17+,18+,21+,22+/m1/s1. The minimum atomic E-state index is -0.0515. The van der Waals surface area contributed by atoms with Crippen LogP contribution in [0.25, 0.3) is 0 Å². The molecule has 4 rings (SSSR count). The highest BCUT2D eigenvalue weighted by atomic mass is 16.5. The van der Waals surface area contributed by atoms with E-state index in [1.54, 1.807) is 13.2 Å². The largest absolute Gasteiger partial charge is 0.501 e. The summed E-state index contributed by atoms with van der Waals surface area (Å²) in [5.74, 6) is 2.70. The molecule has 0 aromatic rings. The molecule has 3 fully saturated rings. The fourth-order valence-electron chi connectivity index (χ4n) is 6.53. The zero-order valence-electron chi connectivity index (χ0n) is 15.7. The topological polar surface area (TPSA) is 43.4 Å². The van der Waals surface area contributed by atoms with Gasteiger partial charge in [0.15, 0.2) is 11.6 Å². The maximum atomic E-state index is 12.8. The van der Waals surface area contributed by atoms with E-state index in [9.17, 15) is 9.59 Å². The third-order valence-electron chi connectivity index (χ3n) is 7.86. The molecule has 0 radical (unpaired) electrons. The van der Waals surface area contributed by atoms with E-state index in [1.165, 1.54) is 5.57 Å². The summed E-state index contributed by atoms with van der Waals surface area (Å²) >= 11 is 0. The Morgan fingerprint density at radius 3 is 2.68 bits per heavy atom. The van der Waals surface area contributed by atoms with Crippen molar-refractivity contribution in [3.8, 4) is 0 Å². The molecule has 134 valence electrons. The summed E-state index contributed by atoms with van der Waals surface area (Å²) in [5, 5.41) is 0. The third-order valence-corrected chi connectivity index (χ3v) is 7.86. The predicted molar refractivity (Wildman–Crippen MR) is 96.7 cm³/mol. The average molecular weight is 340 g/mol. The lowest BCUT2D eigenvalue weighted by Gasteiger charge is -2.56. The van der Waals surface area contributed by atoms with E-state index in [2.05, 4.69) is 19.9 Å². The van der Waals surface area contributed by atoms with Crippen molar-refractivity contribution in [3.05, 3.63) is 35.1 Å². The van der Waals surface area contributed by atoms with Gasteiger partial charge in [-0.15, -0.1) is 0 Å². The molecule has 0 spiro atoms. The molecule has 5 atom stereocenters. The molecular weight excluding hydrogens is 312 g/mol. The quantitative estimate of drug-likeness (QED) is 0.525. The zero-order valence-corrected chi connectivity index (χ0v) is 15.7. The smallest absolute Gasteiger partial charge is 0.178 e. The van der Waals surface area contributed by atoms with Crippen LogP contribution in [-0.4, -0.2) is 18.7 Å². The van der Waals surface area contributed by atoms with Crippen LogP contribution in [0.2, 0.25) is 0 Å². The number of allylic oxidation sites excluding steroid dienone is 6. The molecule has 0 N–H and O–H groups in total. The van der Waals surface area contributed by atoms with Gasteiger partial charge in [0.2, 0.25) is 0 Å². The van der Waals surface area contributed by atoms with E-state index in [1.807, 2.05) is 13.0 Å². The first-order valence-corrected chi connectivity index (χ1v) is 9.54. The number of hydrogen-bond donors (Lipinski definition) is 0. The molecule has 25 heavy (non-hydrogen) atoms. The van der Waals surface area contributed by atoms with Gasteiger partial charge in [-0.05, 0) is 62.5 Å². The molecule has 4 aliphatic carbocycles. The molecule has 0 unspecified atom stereocenters. The molecule has 0 aromatic heterocycles. The SMILES string of the molecule is CO/C(C)=C1/C(=O)C[C@H]2[C@@H]3CCC4=CC(=O)C=C[C@]4(C)[C@H]3CC[C@]12C. The summed E-state index contributed by atoms with van der Waals surface area (Å²) < 4.78 is 5.47. The van der Waals surface area contributed by atoms with Crippen LogP contribution in [0.4, 0.5) is 0 Å². The number of Topliss-reactive ketones (excluding diaryl/α,β-unsaturated/α-hetero) is 1. The molecule has 3 saturated carbocycles. The van der Waals surface area contributed by atoms with E-state index in [-0.39, 0.29) is 22.4 Å². The maximum absolute atomic E-state index is 12.8. The number of ether oxygens (including phenoxy) is 1. The van der Waals surface area contributed by atoms with Crippen molar-refractivity contribution in [2.45, 2.75) is 52.9 Å². The van der Waals surface area contributed by atoms with Gasteiger partial charge in [-0.2, -0.15) is 0 Å². The number of hydrogen-bond acceptors (Lipinski definition) is 3. The first-order chi connectivity index (χ1) is 11.8. The first-order valence-electron chi connectivity index (χ1n) is 9.54. The lowest BCUT2D eigenvalue weighted by Crippen LogP contribution is -2.48. The van der Waals surface area contributed by atoms with Gasteiger partial charge in [-0.1, -0.05) is 25.5 Å². The van der Waals surface area contributed by atoms with Gasteiger partial charge in [-0.25, -0.2) is 0 Å². The van der Waals surface area contributed by atoms with Crippen LogP contribution in [0.1, 0.15) is 52.9 Å². The molecule has 3 nitrogen and oxygen atoms in total. The Hall–Kier alpha value is -1.64. The van der Waals surface area contributed by atoms with Crippen molar-refractivity contribution >= 4 is 11.6 Å². The van der Waals surface area contributed by atoms with Gasteiger partial charge in [0.05, 0.1) is 12.9 Å². The van der Waals surface area contributed by atoms with Crippen LogP contribution in [-0.2, 0) is 14.3 Å². The second-order valence-corrected chi connectivity index (χ2v) is 8.82. The highest BCUT2D eigenvalue weighted by Crippen LogP contribution is 2.65. The Bertz CT molecular complexity index is 740. The second-order valence-electron chi connectivity index (χ2n) is 8.82. The Kier molecular flexibility index (Phi) is 3.65. The van der Waals surface area contributed by atoms with E-state index in [0.717, 1.165) is 37.0 Å². The van der Waals surface area contributed by atoms with Crippen molar-refractivity contribution in [2.75, 3.05) is 7.11 Å². The van der Waals surface area contributed by atoms with Crippen molar-refractivity contribution in [3.63, 3.8) is 0 Å². The van der Waals surface area contributed by atoms with Gasteiger partial charge in [-0.3, -0.25) is 9.59 Å². The minimum Gasteiger partial charge on any atom is -0.501 e. The van der Waals surface area contributed by atoms with E-state index in [0.29, 0.717) is 24.2 Å². The molecule has 0 aliphatic heterocycles. The second kappa shape index (κ2) is 5.43. The van der Waals surface area contributed by atoms with Crippen LogP contribution in [0.5, 0.6) is 0 Å². The molecular formula is C22H28O3. The van der Waals surface area contributed by atoms with Gasteiger partial charge in [0.25, 0.3) is 0 Å². The Morgan fingerprint density at radius 1 is 1.20 bits per heavy atom. The molecule has 0 amide bonds. The van der Waals surface area contributed by atoms with Crippen LogP contribution in [0, 0.1) is 28.6 Å². The normalized spacial score (nSPS) is 44.6. The average Bonchev–Trinajstić information content (AvgIpc) is 2.85. The highest BCUT2D eigenvalue weighted by Gasteiger charge is 2.59. The van der Waals surface area contributed by atoms with Gasteiger partial charge < -0.3 is 4.74 Å². The summed E-state index contributed by atoms with van der Waals surface area (Å²) in [6.45, 7) is 6.52. The number of rotatable bonds is 1. The summed E-state index contributed by atoms with van der Waals surface area (Å²) in [7, 11) is 1.67. The van der Waals surface area contributed by atoms with Crippen molar-refractivity contribution in [2.24, 2.45) is 28.6 Å². The molecule has 3 heteroatoms. The lowest BCUT2D eigenvalue weighted by atomic mass is 9.48. The fraction of sp³-hybridized carbons (Fsp3) is 0.636. The maximum Gasteiger partial charge on any atom is 0.178 e. The van der Waals surface area contributed by atoms with E-state index in [4.69, 9.17) is 4.74 Å². The predicted octanol–water partition coefficient (Wildman–Crippen LogP) is 4.39. The Morgan fingerprint density at radius 2 is 1.96 bits per heavy atom. The van der Waals surface area contributed by atoms with Crippen molar-refractivity contribution in [1.29, 1.82) is 0 Å². The number of methoxy groups -OCH3 is 1. The third kappa shape index (κ3) is 2.17. The fourth-order valence-corrected chi connectivity index (χ4v) is 6.53. The number of carbonyl (C=O) groups is 2. The number of fused-ring (bicyclic) bond motifs is 5. The van der Waals surface area contributed by atoms with Crippen LogP contribution < -0.4 is 0 Å². The van der Waals surface area contributed by atoms with Crippen LogP contribution in [0.3, 0.4) is 0 Å². The molecule has 0 bridgehead atoms. The number of carbonyl (C=O) groups excluding carboxylic acids is 2. The first kappa shape index (κ1) is 16.8.